The summed E-state index contributed by atoms with van der Waals surface area (Å²) in [7, 11) is 0. The SMILES string of the molecule is Cc1ccc(F)cc1O[C@H]1c2cc(Cl)cc(Cl)c2C[C@@H]1N1CCC[C@@H](N)C1. The van der Waals surface area contributed by atoms with Crippen LogP contribution in [0.3, 0.4) is 0 Å². The number of ether oxygens (including phenoxy) is 1. The number of rotatable bonds is 3. The lowest BCUT2D eigenvalue weighted by Crippen LogP contribution is -2.49. The molecular weight excluding hydrogens is 386 g/mol. The van der Waals surface area contributed by atoms with Crippen molar-refractivity contribution in [1.82, 2.24) is 4.90 Å². The van der Waals surface area contributed by atoms with Gasteiger partial charge in [0.2, 0.25) is 0 Å². The van der Waals surface area contributed by atoms with Crippen LogP contribution in [-0.4, -0.2) is 30.1 Å². The smallest absolute Gasteiger partial charge is 0.140 e. The molecule has 0 spiro atoms. The topological polar surface area (TPSA) is 38.5 Å². The fourth-order valence-electron chi connectivity index (χ4n) is 4.26. The van der Waals surface area contributed by atoms with Crippen LogP contribution < -0.4 is 10.5 Å². The third kappa shape index (κ3) is 3.81. The van der Waals surface area contributed by atoms with Gasteiger partial charge in [-0.2, -0.15) is 0 Å². The van der Waals surface area contributed by atoms with Gasteiger partial charge in [-0.05, 0) is 62.1 Å². The number of aryl methyl sites for hydroxylation is 1. The Kier molecular flexibility index (Phi) is 5.34. The first-order chi connectivity index (χ1) is 12.9. The molecule has 1 aliphatic carbocycles. The maximum Gasteiger partial charge on any atom is 0.140 e. The van der Waals surface area contributed by atoms with Crippen molar-refractivity contribution in [2.24, 2.45) is 5.73 Å². The van der Waals surface area contributed by atoms with Gasteiger partial charge < -0.3 is 10.5 Å². The maximum absolute atomic E-state index is 13.8. The van der Waals surface area contributed by atoms with Crippen LogP contribution in [0.5, 0.6) is 5.75 Å². The molecule has 2 N–H and O–H groups in total. The number of nitrogens with zero attached hydrogens (tertiary/aromatic N) is 1. The summed E-state index contributed by atoms with van der Waals surface area (Å²) in [5, 5.41) is 1.24. The molecule has 2 aliphatic rings. The third-order valence-electron chi connectivity index (χ3n) is 5.63. The Balaban J connectivity index is 1.72. The second kappa shape index (κ2) is 7.59. The van der Waals surface area contributed by atoms with Gasteiger partial charge in [0.05, 0.1) is 6.04 Å². The first-order valence-electron chi connectivity index (χ1n) is 9.32. The van der Waals surface area contributed by atoms with Crippen LogP contribution in [0.25, 0.3) is 0 Å². The van der Waals surface area contributed by atoms with Crippen molar-refractivity contribution < 1.29 is 9.13 Å². The van der Waals surface area contributed by atoms with Crippen molar-refractivity contribution in [3.63, 3.8) is 0 Å². The average molecular weight is 409 g/mol. The lowest BCUT2D eigenvalue weighted by molar-refractivity contribution is 0.0587. The fraction of sp³-hybridized carbons (Fsp3) is 0.429. The van der Waals surface area contributed by atoms with Crippen molar-refractivity contribution in [3.05, 3.63) is 62.9 Å². The predicted octanol–water partition coefficient (Wildman–Crippen LogP) is 4.91. The molecule has 144 valence electrons. The molecule has 1 saturated heterocycles. The maximum atomic E-state index is 13.8. The molecule has 4 rings (SSSR count). The van der Waals surface area contributed by atoms with E-state index in [2.05, 4.69) is 4.90 Å². The highest BCUT2D eigenvalue weighted by atomic mass is 35.5. The van der Waals surface area contributed by atoms with Gasteiger partial charge in [-0.3, -0.25) is 4.90 Å². The number of piperidine rings is 1. The molecule has 0 aromatic heterocycles. The average Bonchev–Trinajstić information content (AvgIpc) is 2.97. The molecule has 27 heavy (non-hydrogen) atoms. The van der Waals surface area contributed by atoms with E-state index in [1.807, 2.05) is 13.0 Å². The monoisotopic (exact) mass is 408 g/mol. The van der Waals surface area contributed by atoms with Gasteiger partial charge in [-0.15, -0.1) is 0 Å². The molecule has 2 aromatic carbocycles. The number of hydrogen-bond acceptors (Lipinski definition) is 3. The van der Waals surface area contributed by atoms with E-state index in [9.17, 15) is 4.39 Å². The molecule has 0 radical (unpaired) electrons. The third-order valence-corrected chi connectivity index (χ3v) is 6.18. The minimum Gasteiger partial charge on any atom is -0.484 e. The van der Waals surface area contributed by atoms with Crippen LogP contribution in [-0.2, 0) is 6.42 Å². The van der Waals surface area contributed by atoms with E-state index in [4.69, 9.17) is 33.7 Å². The number of likely N-dealkylation sites (tertiary alicyclic amines) is 1. The zero-order chi connectivity index (χ0) is 19.1. The van der Waals surface area contributed by atoms with E-state index >= 15 is 0 Å². The molecule has 3 nitrogen and oxygen atoms in total. The van der Waals surface area contributed by atoms with Gasteiger partial charge in [0.25, 0.3) is 0 Å². The van der Waals surface area contributed by atoms with Crippen molar-refractivity contribution in [3.8, 4) is 5.75 Å². The van der Waals surface area contributed by atoms with E-state index in [1.54, 1.807) is 12.1 Å². The Morgan fingerprint density at radius 2 is 2.04 bits per heavy atom. The highest BCUT2D eigenvalue weighted by Crippen LogP contribution is 2.43. The number of halogens is 3. The first-order valence-corrected chi connectivity index (χ1v) is 10.1. The second-order valence-corrected chi connectivity index (χ2v) is 8.42. The Morgan fingerprint density at radius 1 is 1.22 bits per heavy atom. The lowest BCUT2D eigenvalue weighted by atomic mass is 10.0. The van der Waals surface area contributed by atoms with E-state index in [0.717, 1.165) is 49.0 Å². The highest BCUT2D eigenvalue weighted by molar-refractivity contribution is 6.35. The summed E-state index contributed by atoms with van der Waals surface area (Å²) in [6.07, 6.45) is 2.62. The van der Waals surface area contributed by atoms with Crippen LogP contribution in [0.15, 0.2) is 30.3 Å². The van der Waals surface area contributed by atoms with Gasteiger partial charge in [0, 0.05) is 34.3 Å². The zero-order valence-electron chi connectivity index (χ0n) is 15.2. The Bertz CT molecular complexity index is 860. The molecule has 2 aromatic rings. The van der Waals surface area contributed by atoms with Gasteiger partial charge in [-0.25, -0.2) is 4.39 Å². The molecule has 0 bridgehead atoms. The molecule has 1 fully saturated rings. The van der Waals surface area contributed by atoms with Gasteiger partial charge in [-0.1, -0.05) is 29.3 Å². The first kappa shape index (κ1) is 19.0. The van der Waals surface area contributed by atoms with Crippen molar-refractivity contribution in [1.29, 1.82) is 0 Å². The van der Waals surface area contributed by atoms with Crippen LogP contribution in [0.4, 0.5) is 4.39 Å². The molecule has 0 unspecified atom stereocenters. The summed E-state index contributed by atoms with van der Waals surface area (Å²) in [4.78, 5) is 2.39. The molecule has 1 heterocycles. The van der Waals surface area contributed by atoms with Gasteiger partial charge in [0.1, 0.15) is 17.7 Å². The standard InChI is InChI=1S/C21H23Cl2FN2O/c1-12-4-5-14(24)9-20(12)27-21-17-7-13(22)8-18(23)16(17)10-19(21)26-6-2-3-15(25)11-26/h4-5,7-9,15,19,21H,2-3,6,10-11,25H2,1H3/t15-,19+,21+/m1/s1. The van der Waals surface area contributed by atoms with Crippen LogP contribution >= 0.6 is 23.2 Å². The van der Waals surface area contributed by atoms with E-state index in [-0.39, 0.29) is 24.0 Å². The van der Waals surface area contributed by atoms with Gasteiger partial charge in [0.15, 0.2) is 0 Å². The van der Waals surface area contributed by atoms with Crippen LogP contribution in [0.1, 0.15) is 35.6 Å². The Labute approximate surface area is 169 Å². The molecule has 0 saturated carbocycles. The molecule has 1 aliphatic heterocycles. The van der Waals surface area contributed by atoms with E-state index in [0.29, 0.717) is 15.8 Å². The summed E-state index contributed by atoms with van der Waals surface area (Å²) in [5.41, 5.74) is 9.16. The minimum atomic E-state index is -0.311. The summed E-state index contributed by atoms with van der Waals surface area (Å²) in [6.45, 7) is 3.72. The summed E-state index contributed by atoms with van der Waals surface area (Å²) in [5.74, 6) is 0.241. The summed E-state index contributed by atoms with van der Waals surface area (Å²) in [6, 6.07) is 8.58. The zero-order valence-corrected chi connectivity index (χ0v) is 16.7. The molecule has 6 heteroatoms. The van der Waals surface area contributed by atoms with Gasteiger partial charge >= 0.3 is 0 Å². The van der Waals surface area contributed by atoms with E-state index < -0.39 is 0 Å². The normalized spacial score (nSPS) is 25.4. The van der Waals surface area contributed by atoms with Crippen molar-refractivity contribution >= 4 is 23.2 Å². The number of benzene rings is 2. The molecular formula is C21H23Cl2FN2O. The molecule has 3 atom stereocenters. The lowest BCUT2D eigenvalue weighted by Gasteiger charge is -2.38. The largest absolute Gasteiger partial charge is 0.484 e. The Morgan fingerprint density at radius 3 is 2.81 bits per heavy atom. The fourth-order valence-corrected chi connectivity index (χ4v) is 4.84. The summed E-state index contributed by atoms with van der Waals surface area (Å²) >= 11 is 12.8. The quantitative estimate of drug-likeness (QED) is 0.783. The minimum absolute atomic E-state index is 0.102. The summed E-state index contributed by atoms with van der Waals surface area (Å²) < 4.78 is 20.2. The Hall–Kier alpha value is -1.33. The highest BCUT2D eigenvalue weighted by Gasteiger charge is 2.40. The number of fused-ring (bicyclic) bond motifs is 1. The second-order valence-electron chi connectivity index (χ2n) is 7.57. The number of hydrogen-bond donors (Lipinski definition) is 1. The predicted molar refractivity (Wildman–Crippen MR) is 107 cm³/mol. The van der Waals surface area contributed by atoms with Crippen LogP contribution in [0, 0.1) is 12.7 Å². The van der Waals surface area contributed by atoms with Crippen molar-refractivity contribution in [2.45, 2.75) is 44.4 Å². The van der Waals surface area contributed by atoms with E-state index in [1.165, 1.54) is 12.1 Å². The van der Waals surface area contributed by atoms with Crippen molar-refractivity contribution in [2.75, 3.05) is 13.1 Å². The number of nitrogens with two attached hydrogens (primary N) is 1. The molecule has 0 amide bonds. The van der Waals surface area contributed by atoms with Crippen LogP contribution in [0.2, 0.25) is 10.0 Å².